The summed E-state index contributed by atoms with van der Waals surface area (Å²) in [5, 5.41) is 4.25. The van der Waals surface area contributed by atoms with Crippen molar-refractivity contribution in [2.75, 3.05) is 39.9 Å². The van der Waals surface area contributed by atoms with Gasteiger partial charge in [0.2, 0.25) is 5.88 Å². The lowest BCUT2D eigenvalue weighted by atomic mass is 10.2. The second-order valence-electron chi connectivity index (χ2n) is 8.57. The highest BCUT2D eigenvalue weighted by atomic mass is 16.5. The molecule has 0 saturated heterocycles. The van der Waals surface area contributed by atoms with Crippen LogP contribution in [0.4, 0.5) is 11.4 Å². The Morgan fingerprint density at radius 2 is 1.60 bits per heavy atom. The minimum atomic E-state index is 0.176. The van der Waals surface area contributed by atoms with Crippen LogP contribution < -0.4 is 23.8 Å². The molecule has 0 saturated carbocycles. The zero-order valence-corrected chi connectivity index (χ0v) is 22.7. The van der Waals surface area contributed by atoms with E-state index in [0.29, 0.717) is 29.6 Å². The molecular formula is C29H27N7O4. The van der Waals surface area contributed by atoms with E-state index < -0.39 is 0 Å². The first-order chi connectivity index (χ1) is 19.5. The van der Waals surface area contributed by atoms with Crippen molar-refractivity contribution in [3.63, 3.8) is 0 Å². The summed E-state index contributed by atoms with van der Waals surface area (Å²) in [6.07, 6.45) is 5.42. The molecule has 202 valence electrons. The van der Waals surface area contributed by atoms with Gasteiger partial charge in [0.15, 0.2) is 0 Å². The summed E-state index contributed by atoms with van der Waals surface area (Å²) < 4.78 is 23.2. The van der Waals surface area contributed by atoms with E-state index in [-0.39, 0.29) is 6.01 Å². The summed E-state index contributed by atoms with van der Waals surface area (Å²) in [5.74, 6) is 7.96. The number of aromatic nitrogens is 6. The molecule has 0 fully saturated rings. The summed E-state index contributed by atoms with van der Waals surface area (Å²) in [6.45, 7) is 0.312. The van der Waals surface area contributed by atoms with Gasteiger partial charge in [-0.05, 0) is 24.1 Å². The van der Waals surface area contributed by atoms with Crippen LogP contribution in [-0.2, 0) is 7.05 Å². The number of benzene rings is 2. The maximum absolute atomic E-state index is 5.53. The number of anilines is 2. The van der Waals surface area contributed by atoms with Gasteiger partial charge in [-0.1, -0.05) is 5.92 Å². The van der Waals surface area contributed by atoms with Crippen LogP contribution in [0.1, 0.15) is 5.69 Å². The van der Waals surface area contributed by atoms with Crippen molar-refractivity contribution in [3.05, 3.63) is 66.7 Å². The normalized spacial score (nSPS) is 10.5. The largest absolute Gasteiger partial charge is 0.497 e. The first-order valence-corrected chi connectivity index (χ1v) is 12.2. The van der Waals surface area contributed by atoms with Crippen LogP contribution in [0, 0.1) is 11.8 Å². The van der Waals surface area contributed by atoms with Crippen LogP contribution in [0.5, 0.6) is 23.4 Å². The summed E-state index contributed by atoms with van der Waals surface area (Å²) in [5.41, 5.74) is 5.27. The van der Waals surface area contributed by atoms with Crippen LogP contribution in [0.2, 0.25) is 0 Å². The molecule has 2 aromatic carbocycles. The Morgan fingerprint density at radius 3 is 2.27 bits per heavy atom. The average Bonchev–Trinajstić information content (AvgIpc) is 3.44. The summed E-state index contributed by atoms with van der Waals surface area (Å²) in [4.78, 5) is 19.9. The van der Waals surface area contributed by atoms with Gasteiger partial charge in [0.05, 0.1) is 64.1 Å². The maximum atomic E-state index is 5.53. The molecule has 40 heavy (non-hydrogen) atoms. The van der Waals surface area contributed by atoms with Crippen LogP contribution in [0.15, 0.2) is 61.1 Å². The lowest BCUT2D eigenvalue weighted by Gasteiger charge is -2.24. The lowest BCUT2D eigenvalue weighted by molar-refractivity contribution is 0.351. The predicted octanol–water partition coefficient (Wildman–Crippen LogP) is 4.04. The number of hydrogen-bond acceptors (Lipinski definition) is 10. The molecule has 0 N–H and O–H groups in total. The Bertz CT molecular complexity index is 1680. The molecular weight excluding hydrogens is 510 g/mol. The van der Waals surface area contributed by atoms with Gasteiger partial charge in [-0.2, -0.15) is 15.1 Å². The van der Waals surface area contributed by atoms with Crippen LogP contribution >= 0.6 is 0 Å². The molecule has 0 aliphatic rings. The van der Waals surface area contributed by atoms with Crippen molar-refractivity contribution < 1.29 is 18.9 Å². The fourth-order valence-corrected chi connectivity index (χ4v) is 4.01. The van der Waals surface area contributed by atoms with Gasteiger partial charge < -0.3 is 23.8 Å². The number of fused-ring (bicyclic) bond motifs is 1. The summed E-state index contributed by atoms with van der Waals surface area (Å²) in [6, 6.07) is 13.4. The van der Waals surface area contributed by atoms with E-state index in [4.69, 9.17) is 23.9 Å². The minimum Gasteiger partial charge on any atom is -0.497 e. The Balaban J connectivity index is 1.57. The SMILES string of the molecule is COc1cc(OC)cc(N(CC#Cc2cc(OC)nc(OC)n2)c2ccc3ncc(-c4cnn(C)c4)nc3c2)c1. The number of aryl methyl sites for hydroxylation is 1. The molecule has 0 unspecified atom stereocenters. The quantitative estimate of drug-likeness (QED) is 0.269. The lowest BCUT2D eigenvalue weighted by Crippen LogP contribution is -2.17. The monoisotopic (exact) mass is 537 g/mol. The van der Waals surface area contributed by atoms with Gasteiger partial charge in [0, 0.05) is 54.4 Å². The Kier molecular flexibility index (Phi) is 7.59. The van der Waals surface area contributed by atoms with Gasteiger partial charge >= 0.3 is 6.01 Å². The molecule has 3 aromatic heterocycles. The van der Waals surface area contributed by atoms with Gasteiger partial charge in [-0.15, -0.1) is 0 Å². The van der Waals surface area contributed by atoms with E-state index in [1.807, 2.05) is 54.5 Å². The van der Waals surface area contributed by atoms with Crippen molar-refractivity contribution >= 4 is 22.4 Å². The third-order valence-corrected chi connectivity index (χ3v) is 6.01. The van der Waals surface area contributed by atoms with Crippen molar-refractivity contribution in [1.82, 2.24) is 29.7 Å². The second kappa shape index (κ2) is 11.6. The van der Waals surface area contributed by atoms with E-state index in [1.165, 1.54) is 14.2 Å². The molecule has 5 rings (SSSR count). The molecule has 0 amide bonds. The van der Waals surface area contributed by atoms with Gasteiger partial charge in [-0.3, -0.25) is 9.67 Å². The average molecular weight is 538 g/mol. The first kappa shape index (κ1) is 26.2. The third-order valence-electron chi connectivity index (χ3n) is 6.01. The smallest absolute Gasteiger partial charge is 0.320 e. The van der Waals surface area contributed by atoms with Gasteiger partial charge in [0.25, 0.3) is 0 Å². The highest BCUT2D eigenvalue weighted by molar-refractivity contribution is 5.83. The zero-order chi connectivity index (χ0) is 28.1. The first-order valence-electron chi connectivity index (χ1n) is 12.2. The molecule has 11 nitrogen and oxygen atoms in total. The standard InChI is InChI=1S/C29H27N7O4/c1-35-18-19(16-31-35)27-17-30-25-9-8-21(14-26(25)33-27)36(22-12-23(37-2)15-24(13-22)38-3)10-6-7-20-11-28(39-4)34-29(32-20)40-5/h8-9,11-18H,10H2,1-5H3. The maximum Gasteiger partial charge on any atom is 0.320 e. The molecule has 11 heteroatoms. The number of hydrogen-bond donors (Lipinski definition) is 0. The van der Waals surface area contributed by atoms with Crippen LogP contribution in [0.3, 0.4) is 0 Å². The summed E-state index contributed by atoms with van der Waals surface area (Å²) >= 11 is 0. The third kappa shape index (κ3) is 5.71. The van der Waals surface area contributed by atoms with E-state index in [9.17, 15) is 0 Å². The number of methoxy groups -OCH3 is 4. The Morgan fingerprint density at radius 1 is 0.800 bits per heavy atom. The van der Waals surface area contributed by atoms with Crippen LogP contribution in [-0.4, -0.2) is 64.7 Å². The molecule has 5 aromatic rings. The highest BCUT2D eigenvalue weighted by Crippen LogP contribution is 2.34. The molecule has 0 spiro atoms. The van der Waals surface area contributed by atoms with Crippen molar-refractivity contribution in [2.45, 2.75) is 0 Å². The summed E-state index contributed by atoms with van der Waals surface area (Å²) in [7, 11) is 8.12. The Hall–Kier alpha value is -5.37. The molecule has 0 bridgehead atoms. The Labute approximate surface area is 231 Å². The number of rotatable bonds is 8. The van der Waals surface area contributed by atoms with E-state index in [2.05, 4.69) is 31.9 Å². The highest BCUT2D eigenvalue weighted by Gasteiger charge is 2.14. The minimum absolute atomic E-state index is 0.176. The van der Waals surface area contributed by atoms with Crippen molar-refractivity contribution in [1.29, 1.82) is 0 Å². The van der Waals surface area contributed by atoms with E-state index in [1.54, 1.807) is 37.4 Å². The molecule has 3 heterocycles. The zero-order valence-electron chi connectivity index (χ0n) is 22.7. The molecule has 0 aliphatic heterocycles. The fraction of sp³-hybridized carbons (Fsp3) is 0.207. The van der Waals surface area contributed by atoms with Crippen molar-refractivity contribution in [2.24, 2.45) is 7.05 Å². The van der Waals surface area contributed by atoms with Gasteiger partial charge in [-0.25, -0.2) is 4.98 Å². The predicted molar refractivity (Wildman–Crippen MR) is 150 cm³/mol. The number of ether oxygens (including phenoxy) is 4. The fourth-order valence-electron chi connectivity index (χ4n) is 4.01. The van der Waals surface area contributed by atoms with Crippen molar-refractivity contribution in [3.8, 4) is 46.5 Å². The molecule has 0 radical (unpaired) electrons. The van der Waals surface area contributed by atoms with Gasteiger partial charge in [0.1, 0.15) is 17.2 Å². The molecule has 0 atom stereocenters. The molecule has 0 aliphatic carbocycles. The topological polar surface area (TPSA) is 110 Å². The number of nitrogens with zero attached hydrogens (tertiary/aromatic N) is 7. The second-order valence-corrected chi connectivity index (χ2v) is 8.57. The van der Waals surface area contributed by atoms with Crippen LogP contribution in [0.25, 0.3) is 22.3 Å². The van der Waals surface area contributed by atoms with E-state index in [0.717, 1.165) is 33.7 Å². The van der Waals surface area contributed by atoms with E-state index >= 15 is 0 Å².